The van der Waals surface area contributed by atoms with Crippen molar-refractivity contribution in [3.05, 3.63) is 84.1 Å². The lowest BCUT2D eigenvalue weighted by Gasteiger charge is -2.19. The molecule has 0 unspecified atom stereocenters. The molecule has 5 aromatic rings. The van der Waals surface area contributed by atoms with Crippen molar-refractivity contribution in [1.29, 1.82) is 0 Å². The molecule has 1 aliphatic heterocycles. The third-order valence-corrected chi connectivity index (χ3v) is 6.26. The molecule has 0 amide bonds. The number of aromatic nitrogens is 3. The molecule has 0 aliphatic carbocycles. The number of nitrogens with zero attached hydrogens (tertiary/aromatic N) is 2. The molecular weight excluding hydrogens is 398 g/mol. The van der Waals surface area contributed by atoms with Gasteiger partial charge in [-0.1, -0.05) is 57.2 Å². The molecule has 3 heterocycles. The molecule has 6 rings (SSSR count). The first-order valence-electron chi connectivity index (χ1n) is 11.0. The topological polar surface area (TPSA) is 42.5 Å². The molecule has 5 nitrogen and oxygen atoms in total. The Bertz CT molecular complexity index is 1450. The molecular formula is C27H26N3O2+. The molecule has 1 aliphatic rings. The van der Waals surface area contributed by atoms with Crippen LogP contribution in [0.15, 0.2) is 72.9 Å². The van der Waals surface area contributed by atoms with Gasteiger partial charge in [0, 0.05) is 5.56 Å². The van der Waals surface area contributed by atoms with Crippen LogP contribution >= 0.6 is 0 Å². The minimum atomic E-state index is 0.154. The number of imidazole rings is 2. The lowest BCUT2D eigenvalue weighted by Crippen LogP contribution is -2.34. The first-order chi connectivity index (χ1) is 15.5. The molecule has 0 atom stereocenters. The van der Waals surface area contributed by atoms with Crippen molar-refractivity contribution in [3.63, 3.8) is 0 Å². The number of ether oxygens (including phenoxy) is 2. The summed E-state index contributed by atoms with van der Waals surface area (Å²) in [5.74, 6) is 2.64. The van der Waals surface area contributed by atoms with Crippen LogP contribution in [0.5, 0.6) is 11.5 Å². The molecule has 3 aromatic carbocycles. The number of hydrogen-bond acceptors (Lipinski definition) is 2. The Balaban J connectivity index is 1.45. The van der Waals surface area contributed by atoms with Gasteiger partial charge in [0.15, 0.2) is 11.5 Å². The van der Waals surface area contributed by atoms with E-state index in [-0.39, 0.29) is 12.2 Å². The van der Waals surface area contributed by atoms with Crippen LogP contribution in [-0.4, -0.2) is 16.2 Å². The monoisotopic (exact) mass is 424 g/mol. The van der Waals surface area contributed by atoms with Crippen LogP contribution in [0.2, 0.25) is 0 Å². The van der Waals surface area contributed by atoms with E-state index >= 15 is 0 Å². The Morgan fingerprint density at radius 3 is 2.53 bits per heavy atom. The zero-order valence-electron chi connectivity index (χ0n) is 18.6. The summed E-state index contributed by atoms with van der Waals surface area (Å²) in [6.07, 6.45) is 2.16. The molecule has 32 heavy (non-hydrogen) atoms. The fraction of sp³-hybridized carbons (Fsp3) is 0.222. The lowest BCUT2D eigenvalue weighted by atomic mass is 9.87. The van der Waals surface area contributed by atoms with E-state index in [0.29, 0.717) is 0 Å². The van der Waals surface area contributed by atoms with Crippen molar-refractivity contribution in [2.24, 2.45) is 0 Å². The first kappa shape index (κ1) is 19.0. The van der Waals surface area contributed by atoms with Crippen LogP contribution in [0, 0.1) is 0 Å². The van der Waals surface area contributed by atoms with Crippen LogP contribution in [0.25, 0.3) is 28.1 Å². The summed E-state index contributed by atoms with van der Waals surface area (Å²) in [6.45, 7) is 7.82. The molecule has 0 radical (unpaired) electrons. The van der Waals surface area contributed by atoms with Gasteiger partial charge in [-0.25, -0.2) is 9.55 Å². The van der Waals surface area contributed by atoms with E-state index in [1.165, 1.54) is 22.2 Å². The van der Waals surface area contributed by atoms with Crippen molar-refractivity contribution >= 4 is 16.8 Å². The Labute approximate surface area is 186 Å². The number of benzene rings is 3. The summed E-state index contributed by atoms with van der Waals surface area (Å²) in [5.41, 5.74) is 7.28. The second kappa shape index (κ2) is 6.89. The highest BCUT2D eigenvalue weighted by atomic mass is 16.7. The second-order valence-electron chi connectivity index (χ2n) is 9.45. The zero-order chi connectivity index (χ0) is 21.9. The Hall–Kier alpha value is -3.73. The van der Waals surface area contributed by atoms with E-state index in [2.05, 4.69) is 95.5 Å². The molecule has 0 saturated heterocycles. The van der Waals surface area contributed by atoms with Gasteiger partial charge in [-0.3, -0.25) is 0 Å². The molecule has 160 valence electrons. The van der Waals surface area contributed by atoms with Crippen molar-refractivity contribution in [3.8, 4) is 22.8 Å². The van der Waals surface area contributed by atoms with Gasteiger partial charge in [0.05, 0.1) is 6.54 Å². The number of hydrogen-bond donors (Lipinski definition) is 1. The lowest BCUT2D eigenvalue weighted by molar-refractivity contribution is -0.638. The third-order valence-electron chi connectivity index (χ3n) is 6.26. The number of para-hydroxylation sites is 2. The zero-order valence-corrected chi connectivity index (χ0v) is 18.6. The SMILES string of the molecule is CC(C)(C)c1ccc(C[n+]2c3ccccc3n3cc(-c4ccc5c(c4)OCO5)[nH]c32)cc1. The summed E-state index contributed by atoms with van der Waals surface area (Å²) in [6, 6.07) is 23.6. The predicted octanol–water partition coefficient (Wildman–Crippen LogP) is 5.45. The minimum absolute atomic E-state index is 0.154. The minimum Gasteiger partial charge on any atom is -0.454 e. The second-order valence-corrected chi connectivity index (χ2v) is 9.45. The number of aromatic amines is 1. The van der Waals surface area contributed by atoms with Crippen molar-refractivity contribution < 1.29 is 14.0 Å². The third kappa shape index (κ3) is 3.04. The normalized spacial score (nSPS) is 13.3. The van der Waals surface area contributed by atoms with Crippen LogP contribution in [-0.2, 0) is 12.0 Å². The maximum absolute atomic E-state index is 5.57. The summed E-state index contributed by atoms with van der Waals surface area (Å²) in [5, 5.41) is 0. The quantitative estimate of drug-likeness (QED) is 0.391. The van der Waals surface area contributed by atoms with Gasteiger partial charge in [0.25, 0.3) is 0 Å². The maximum Gasteiger partial charge on any atom is 0.368 e. The Morgan fingerprint density at radius 2 is 1.72 bits per heavy atom. The van der Waals surface area contributed by atoms with E-state index in [0.717, 1.165) is 35.1 Å². The van der Waals surface area contributed by atoms with Gasteiger partial charge in [-0.15, -0.1) is 0 Å². The van der Waals surface area contributed by atoms with Crippen LogP contribution in [0.1, 0.15) is 31.9 Å². The number of fused-ring (bicyclic) bond motifs is 4. The standard InChI is InChI=1S/C27H25N3O2/c1-27(2,3)20-11-8-18(9-12-20)15-29-22-6-4-5-7-23(22)30-16-21(28-26(29)30)19-10-13-24-25(14-19)32-17-31-24/h4-14,16H,15,17H2,1-3H3/p+1. The number of rotatable bonds is 3. The van der Waals surface area contributed by atoms with E-state index in [1.807, 2.05) is 12.1 Å². The van der Waals surface area contributed by atoms with Crippen LogP contribution in [0.3, 0.4) is 0 Å². The molecule has 5 heteroatoms. The van der Waals surface area contributed by atoms with Gasteiger partial charge in [0.1, 0.15) is 22.9 Å². The van der Waals surface area contributed by atoms with E-state index in [1.54, 1.807) is 0 Å². The van der Waals surface area contributed by atoms with Gasteiger partial charge < -0.3 is 9.47 Å². The van der Waals surface area contributed by atoms with Gasteiger partial charge in [-0.2, -0.15) is 4.40 Å². The summed E-state index contributed by atoms with van der Waals surface area (Å²) in [4.78, 5) is 3.65. The molecule has 0 bridgehead atoms. The first-order valence-corrected chi connectivity index (χ1v) is 11.0. The average molecular weight is 425 g/mol. The largest absolute Gasteiger partial charge is 0.454 e. The van der Waals surface area contributed by atoms with E-state index in [4.69, 9.17) is 9.47 Å². The smallest absolute Gasteiger partial charge is 0.368 e. The highest BCUT2D eigenvalue weighted by molar-refractivity contribution is 5.77. The fourth-order valence-electron chi connectivity index (χ4n) is 4.46. The molecule has 0 spiro atoms. The highest BCUT2D eigenvalue weighted by Crippen LogP contribution is 2.36. The molecule has 0 saturated carbocycles. The van der Waals surface area contributed by atoms with Crippen molar-refractivity contribution in [2.45, 2.75) is 32.7 Å². The fourth-order valence-corrected chi connectivity index (χ4v) is 4.46. The van der Waals surface area contributed by atoms with Crippen molar-refractivity contribution in [1.82, 2.24) is 9.38 Å². The van der Waals surface area contributed by atoms with Crippen LogP contribution in [0.4, 0.5) is 0 Å². The summed E-state index contributed by atoms with van der Waals surface area (Å²) < 4.78 is 15.6. The number of nitrogens with one attached hydrogen (secondary N) is 1. The van der Waals surface area contributed by atoms with Crippen LogP contribution < -0.4 is 14.0 Å². The Kier molecular flexibility index (Phi) is 4.09. The van der Waals surface area contributed by atoms with Gasteiger partial charge >= 0.3 is 5.78 Å². The summed E-state index contributed by atoms with van der Waals surface area (Å²) in [7, 11) is 0. The highest BCUT2D eigenvalue weighted by Gasteiger charge is 2.23. The predicted molar refractivity (Wildman–Crippen MR) is 125 cm³/mol. The maximum atomic E-state index is 5.57. The average Bonchev–Trinajstić information content (AvgIpc) is 3.49. The number of H-pyrrole nitrogens is 1. The van der Waals surface area contributed by atoms with Gasteiger partial charge in [0.2, 0.25) is 6.79 Å². The van der Waals surface area contributed by atoms with Crippen molar-refractivity contribution in [2.75, 3.05) is 6.79 Å². The molecule has 2 aromatic heterocycles. The van der Waals surface area contributed by atoms with Gasteiger partial charge in [-0.05, 0) is 46.9 Å². The van der Waals surface area contributed by atoms with E-state index < -0.39 is 0 Å². The Morgan fingerprint density at radius 1 is 0.938 bits per heavy atom. The summed E-state index contributed by atoms with van der Waals surface area (Å²) >= 11 is 0. The molecule has 1 N–H and O–H groups in total. The molecule has 0 fully saturated rings. The van der Waals surface area contributed by atoms with E-state index in [9.17, 15) is 0 Å².